The van der Waals surface area contributed by atoms with Gasteiger partial charge in [0, 0.05) is 24.7 Å². The molecule has 1 saturated heterocycles. The maximum absolute atomic E-state index is 11.8. The summed E-state index contributed by atoms with van der Waals surface area (Å²) >= 11 is 0. The summed E-state index contributed by atoms with van der Waals surface area (Å²) in [6, 6.07) is 6.89. The Balaban J connectivity index is 1.88. The lowest BCUT2D eigenvalue weighted by molar-refractivity contribution is -0.116. The van der Waals surface area contributed by atoms with Gasteiger partial charge < -0.3 is 16.0 Å². The maximum atomic E-state index is 11.8. The molecular formula is C14H19N3O2. The highest BCUT2D eigenvalue weighted by Gasteiger charge is 2.17. The first-order valence-corrected chi connectivity index (χ1v) is 6.52. The van der Waals surface area contributed by atoms with Gasteiger partial charge in [0.05, 0.1) is 0 Å². The normalized spacial score (nSPS) is 18.1. The highest BCUT2D eigenvalue weighted by Crippen LogP contribution is 2.15. The number of hydrogen-bond acceptors (Lipinski definition) is 3. The third kappa shape index (κ3) is 3.79. The standard InChI is InChI=1S/C14H19N3O2/c1-15-14(19)11-2-4-12(5-3-11)17-13(18)8-10-6-7-16-9-10/h2-5,10,16H,6-9H2,1H3,(H,15,19)(H,17,18). The first kappa shape index (κ1) is 13.5. The van der Waals surface area contributed by atoms with E-state index < -0.39 is 0 Å². The average Bonchev–Trinajstić information content (AvgIpc) is 2.91. The van der Waals surface area contributed by atoms with Crippen LogP contribution in [0.4, 0.5) is 5.69 Å². The summed E-state index contributed by atoms with van der Waals surface area (Å²) in [4.78, 5) is 23.2. The van der Waals surface area contributed by atoms with E-state index in [1.807, 2.05) is 0 Å². The molecule has 1 aromatic rings. The molecule has 0 bridgehead atoms. The van der Waals surface area contributed by atoms with Gasteiger partial charge in [-0.15, -0.1) is 0 Å². The van der Waals surface area contributed by atoms with Gasteiger partial charge in [-0.05, 0) is 49.7 Å². The highest BCUT2D eigenvalue weighted by molar-refractivity contribution is 5.95. The second-order valence-corrected chi connectivity index (χ2v) is 4.77. The molecule has 1 aliphatic heterocycles. The van der Waals surface area contributed by atoms with Crippen LogP contribution < -0.4 is 16.0 Å². The predicted octanol–water partition coefficient (Wildman–Crippen LogP) is 0.984. The van der Waals surface area contributed by atoms with Gasteiger partial charge in [-0.25, -0.2) is 0 Å². The fourth-order valence-corrected chi connectivity index (χ4v) is 2.21. The van der Waals surface area contributed by atoms with Crippen LogP contribution in [0.1, 0.15) is 23.2 Å². The molecule has 1 fully saturated rings. The number of amides is 2. The van der Waals surface area contributed by atoms with Crippen LogP contribution in [-0.2, 0) is 4.79 Å². The van der Waals surface area contributed by atoms with Crippen molar-refractivity contribution in [2.45, 2.75) is 12.8 Å². The molecule has 2 rings (SSSR count). The highest BCUT2D eigenvalue weighted by atomic mass is 16.2. The molecule has 1 atom stereocenters. The summed E-state index contributed by atoms with van der Waals surface area (Å²) in [7, 11) is 1.59. The van der Waals surface area contributed by atoms with Gasteiger partial charge in [-0.3, -0.25) is 9.59 Å². The van der Waals surface area contributed by atoms with Crippen molar-refractivity contribution in [1.29, 1.82) is 0 Å². The van der Waals surface area contributed by atoms with Crippen LogP contribution in [0, 0.1) is 5.92 Å². The lowest BCUT2D eigenvalue weighted by Crippen LogP contribution is -2.19. The van der Waals surface area contributed by atoms with Crippen LogP contribution in [0.15, 0.2) is 24.3 Å². The van der Waals surface area contributed by atoms with Crippen molar-refractivity contribution in [3.05, 3.63) is 29.8 Å². The Hall–Kier alpha value is -1.88. The lowest BCUT2D eigenvalue weighted by atomic mass is 10.0. The van der Waals surface area contributed by atoms with Crippen LogP contribution in [-0.4, -0.2) is 32.0 Å². The first-order chi connectivity index (χ1) is 9.19. The molecule has 102 valence electrons. The number of carbonyl (C=O) groups is 2. The number of rotatable bonds is 4. The Bertz CT molecular complexity index is 450. The largest absolute Gasteiger partial charge is 0.355 e. The first-order valence-electron chi connectivity index (χ1n) is 6.52. The summed E-state index contributed by atoms with van der Waals surface area (Å²) in [6.07, 6.45) is 1.60. The van der Waals surface area contributed by atoms with E-state index in [4.69, 9.17) is 0 Å². The predicted molar refractivity (Wildman–Crippen MR) is 74.1 cm³/mol. The third-order valence-electron chi connectivity index (χ3n) is 3.29. The average molecular weight is 261 g/mol. The van der Waals surface area contributed by atoms with Gasteiger partial charge in [-0.2, -0.15) is 0 Å². The zero-order valence-electron chi connectivity index (χ0n) is 11.0. The molecule has 1 unspecified atom stereocenters. The molecule has 3 N–H and O–H groups in total. The van der Waals surface area contributed by atoms with Gasteiger partial charge in [0.25, 0.3) is 5.91 Å². The quantitative estimate of drug-likeness (QED) is 0.757. The third-order valence-corrected chi connectivity index (χ3v) is 3.29. The molecule has 5 heteroatoms. The van der Waals surface area contributed by atoms with Gasteiger partial charge >= 0.3 is 0 Å². The fraction of sp³-hybridized carbons (Fsp3) is 0.429. The molecule has 1 aromatic carbocycles. The minimum Gasteiger partial charge on any atom is -0.355 e. The molecule has 0 spiro atoms. The summed E-state index contributed by atoms with van der Waals surface area (Å²) in [5.74, 6) is 0.335. The van der Waals surface area contributed by atoms with E-state index in [1.54, 1.807) is 31.3 Å². The van der Waals surface area contributed by atoms with Crippen molar-refractivity contribution in [3.63, 3.8) is 0 Å². The van der Waals surface area contributed by atoms with Crippen molar-refractivity contribution in [2.24, 2.45) is 5.92 Å². The van der Waals surface area contributed by atoms with Crippen molar-refractivity contribution in [3.8, 4) is 0 Å². The Morgan fingerprint density at radius 3 is 2.63 bits per heavy atom. The molecule has 1 heterocycles. The van der Waals surface area contributed by atoms with Crippen LogP contribution in [0.2, 0.25) is 0 Å². The summed E-state index contributed by atoms with van der Waals surface area (Å²) < 4.78 is 0. The SMILES string of the molecule is CNC(=O)c1ccc(NC(=O)CC2CCNC2)cc1. The number of nitrogens with one attached hydrogen (secondary N) is 3. The number of hydrogen-bond donors (Lipinski definition) is 3. The molecule has 0 aliphatic carbocycles. The molecule has 5 nitrogen and oxygen atoms in total. The lowest BCUT2D eigenvalue weighted by Gasteiger charge is -2.09. The van der Waals surface area contributed by atoms with E-state index in [9.17, 15) is 9.59 Å². The van der Waals surface area contributed by atoms with E-state index in [0.717, 1.165) is 25.2 Å². The van der Waals surface area contributed by atoms with E-state index in [-0.39, 0.29) is 11.8 Å². The van der Waals surface area contributed by atoms with Crippen LogP contribution in [0.5, 0.6) is 0 Å². The molecule has 19 heavy (non-hydrogen) atoms. The van der Waals surface area contributed by atoms with Crippen molar-refractivity contribution in [1.82, 2.24) is 10.6 Å². The maximum Gasteiger partial charge on any atom is 0.251 e. The van der Waals surface area contributed by atoms with E-state index in [2.05, 4.69) is 16.0 Å². The number of anilines is 1. The van der Waals surface area contributed by atoms with Gasteiger partial charge in [0.15, 0.2) is 0 Å². The Labute approximate surface area is 112 Å². The fourth-order valence-electron chi connectivity index (χ4n) is 2.21. The zero-order chi connectivity index (χ0) is 13.7. The number of carbonyl (C=O) groups excluding carboxylic acids is 2. The van der Waals surface area contributed by atoms with Crippen LogP contribution in [0.3, 0.4) is 0 Å². The summed E-state index contributed by atoms with van der Waals surface area (Å²) in [5.41, 5.74) is 1.31. The molecule has 0 radical (unpaired) electrons. The second-order valence-electron chi connectivity index (χ2n) is 4.77. The minimum atomic E-state index is -0.130. The molecule has 1 aliphatic rings. The Morgan fingerprint density at radius 2 is 2.05 bits per heavy atom. The minimum absolute atomic E-state index is 0.0291. The van der Waals surface area contributed by atoms with Crippen molar-refractivity contribution >= 4 is 17.5 Å². The zero-order valence-corrected chi connectivity index (χ0v) is 11.0. The molecule has 0 saturated carbocycles. The molecule has 0 aromatic heterocycles. The Kier molecular flexibility index (Phi) is 4.52. The monoisotopic (exact) mass is 261 g/mol. The number of benzene rings is 1. The van der Waals surface area contributed by atoms with Crippen molar-refractivity contribution in [2.75, 3.05) is 25.5 Å². The van der Waals surface area contributed by atoms with Gasteiger partial charge in [-0.1, -0.05) is 0 Å². The van der Waals surface area contributed by atoms with Crippen LogP contribution >= 0.6 is 0 Å². The Morgan fingerprint density at radius 1 is 1.32 bits per heavy atom. The second kappa shape index (κ2) is 6.33. The van der Waals surface area contributed by atoms with Gasteiger partial charge in [0.2, 0.25) is 5.91 Å². The summed E-state index contributed by atoms with van der Waals surface area (Å²) in [5, 5.41) is 8.65. The van der Waals surface area contributed by atoms with E-state index in [1.165, 1.54) is 0 Å². The smallest absolute Gasteiger partial charge is 0.251 e. The van der Waals surface area contributed by atoms with E-state index >= 15 is 0 Å². The van der Waals surface area contributed by atoms with Crippen LogP contribution in [0.25, 0.3) is 0 Å². The van der Waals surface area contributed by atoms with Crippen molar-refractivity contribution < 1.29 is 9.59 Å². The summed E-state index contributed by atoms with van der Waals surface area (Å²) in [6.45, 7) is 1.92. The topological polar surface area (TPSA) is 70.2 Å². The molecular weight excluding hydrogens is 242 g/mol. The van der Waals surface area contributed by atoms with Gasteiger partial charge in [0.1, 0.15) is 0 Å². The van der Waals surface area contributed by atoms with E-state index in [0.29, 0.717) is 17.9 Å². The molecule has 2 amide bonds.